The Balaban J connectivity index is 1.56. The molecule has 4 aliphatic rings. The normalized spacial score (nSPS) is 47.6. The van der Waals surface area contributed by atoms with E-state index in [0.717, 1.165) is 42.4 Å². The molecule has 0 heterocycles. The van der Waals surface area contributed by atoms with E-state index in [2.05, 4.69) is 55.4 Å². The number of rotatable bonds is 5. The van der Waals surface area contributed by atoms with Gasteiger partial charge < -0.3 is 0 Å². The van der Waals surface area contributed by atoms with Crippen molar-refractivity contribution in [3.63, 3.8) is 0 Å². The van der Waals surface area contributed by atoms with Gasteiger partial charge in [0.1, 0.15) is 5.78 Å². The van der Waals surface area contributed by atoms with Crippen molar-refractivity contribution in [2.75, 3.05) is 0 Å². The lowest BCUT2D eigenvalue weighted by Crippen LogP contribution is -2.61. The van der Waals surface area contributed by atoms with Crippen LogP contribution in [0.15, 0.2) is 0 Å². The molecule has 4 rings (SSSR count). The molecule has 178 valence electrons. The van der Waals surface area contributed by atoms with Crippen LogP contribution in [0.25, 0.3) is 0 Å². The summed E-state index contributed by atoms with van der Waals surface area (Å²) in [5.74, 6) is 5.49. The minimum absolute atomic E-state index is 0.108. The Kier molecular flexibility index (Phi) is 6.05. The average molecular weight is 429 g/mol. The van der Waals surface area contributed by atoms with Gasteiger partial charge in [0.25, 0.3) is 0 Å². The largest absolute Gasteiger partial charge is 0.299 e. The minimum atomic E-state index is -0.108. The molecule has 0 aromatic heterocycles. The van der Waals surface area contributed by atoms with Gasteiger partial charge in [-0.2, -0.15) is 0 Å². The molecule has 4 fully saturated rings. The van der Waals surface area contributed by atoms with Crippen LogP contribution in [0.4, 0.5) is 0 Å². The van der Waals surface area contributed by atoms with Crippen LogP contribution in [0.1, 0.15) is 126 Å². The molecule has 8 atom stereocenters. The van der Waals surface area contributed by atoms with Gasteiger partial charge in [-0.3, -0.25) is 4.79 Å². The van der Waals surface area contributed by atoms with Crippen molar-refractivity contribution in [1.82, 2.24) is 0 Å². The molecule has 0 bridgehead atoms. The Morgan fingerprint density at radius 1 is 0.806 bits per heavy atom. The van der Waals surface area contributed by atoms with Gasteiger partial charge in [0.15, 0.2) is 0 Å². The Morgan fingerprint density at radius 2 is 1.48 bits per heavy atom. The van der Waals surface area contributed by atoms with E-state index in [0.29, 0.717) is 27.9 Å². The van der Waals surface area contributed by atoms with Crippen LogP contribution < -0.4 is 0 Å². The van der Waals surface area contributed by atoms with Crippen LogP contribution >= 0.6 is 0 Å². The van der Waals surface area contributed by atoms with Crippen molar-refractivity contribution in [3.8, 4) is 0 Å². The number of carbonyl (C=O) groups excluding carboxylic acids is 1. The zero-order chi connectivity index (χ0) is 22.8. The summed E-state index contributed by atoms with van der Waals surface area (Å²) in [4.78, 5) is 12.8. The summed E-state index contributed by atoms with van der Waals surface area (Å²) in [6.45, 7) is 19.9. The standard InChI is InChI=1S/C30H52O/c1-20(2)10-9-11-21(3)22-14-18-30(8)24-12-13-25-27(4,5)26(31)16-17-28(25,6)23(24)15-19-29(22,30)7/h20-25H,9-19H2,1-8H3/t21-,22-,23+,24-,25?,28-,29-,30+/m1/s1. The molecule has 4 aliphatic carbocycles. The summed E-state index contributed by atoms with van der Waals surface area (Å²) >= 11 is 0. The molecule has 0 N–H and O–H groups in total. The molecular weight excluding hydrogens is 376 g/mol. The van der Waals surface area contributed by atoms with E-state index in [9.17, 15) is 4.79 Å². The highest BCUT2D eigenvalue weighted by Gasteiger charge is 2.67. The van der Waals surface area contributed by atoms with E-state index in [4.69, 9.17) is 0 Å². The predicted octanol–water partition coefficient (Wildman–Crippen LogP) is 8.70. The van der Waals surface area contributed by atoms with Gasteiger partial charge in [-0.1, -0.05) is 74.7 Å². The van der Waals surface area contributed by atoms with Crippen LogP contribution in [0.2, 0.25) is 0 Å². The highest BCUT2D eigenvalue weighted by molar-refractivity contribution is 5.85. The first-order valence-corrected chi connectivity index (χ1v) is 13.9. The second kappa shape index (κ2) is 7.87. The Morgan fingerprint density at radius 3 is 2.16 bits per heavy atom. The molecule has 4 saturated carbocycles. The molecule has 0 amide bonds. The van der Waals surface area contributed by atoms with Gasteiger partial charge in [-0.15, -0.1) is 0 Å². The number of fused-ring (bicyclic) bond motifs is 5. The molecule has 0 saturated heterocycles. The summed E-state index contributed by atoms with van der Waals surface area (Å²) < 4.78 is 0. The minimum Gasteiger partial charge on any atom is -0.299 e. The molecule has 0 aromatic rings. The van der Waals surface area contributed by atoms with E-state index in [1.165, 1.54) is 57.8 Å². The maximum absolute atomic E-state index is 12.8. The van der Waals surface area contributed by atoms with Gasteiger partial charge in [0.2, 0.25) is 0 Å². The third kappa shape index (κ3) is 3.41. The molecule has 1 unspecified atom stereocenters. The number of Topliss-reactive ketones (excluding diaryl/α,β-unsaturated/α-hetero) is 1. The summed E-state index contributed by atoms with van der Waals surface area (Å²) in [6, 6.07) is 0. The van der Waals surface area contributed by atoms with E-state index < -0.39 is 0 Å². The zero-order valence-electron chi connectivity index (χ0n) is 22.2. The van der Waals surface area contributed by atoms with E-state index >= 15 is 0 Å². The van der Waals surface area contributed by atoms with E-state index in [1.807, 2.05) is 0 Å². The SMILES string of the molecule is CC(C)CCC[C@@H](C)[C@H]1CC[C@@]2(C)[C@@H]3CCC4C(C)(C)C(=O)CC[C@]4(C)[C@H]3CC[C@]12C. The molecular formula is C30H52O. The van der Waals surface area contributed by atoms with Crippen molar-refractivity contribution in [2.24, 2.45) is 57.2 Å². The smallest absolute Gasteiger partial charge is 0.138 e. The van der Waals surface area contributed by atoms with Crippen LogP contribution in [-0.4, -0.2) is 5.78 Å². The lowest BCUT2D eigenvalue weighted by atomic mass is 9.38. The first kappa shape index (κ1) is 23.8. The number of hydrogen-bond acceptors (Lipinski definition) is 1. The topological polar surface area (TPSA) is 17.1 Å². The third-order valence-corrected chi connectivity index (χ3v) is 12.4. The fourth-order valence-electron chi connectivity index (χ4n) is 10.3. The van der Waals surface area contributed by atoms with Gasteiger partial charge in [-0.05, 0) is 96.7 Å². The Hall–Kier alpha value is -0.330. The Labute approximate surface area is 193 Å². The molecule has 1 heteroatoms. The highest BCUT2D eigenvalue weighted by atomic mass is 16.1. The number of hydrogen-bond donors (Lipinski definition) is 0. The lowest BCUT2D eigenvalue weighted by Gasteiger charge is -2.66. The second-order valence-corrected chi connectivity index (χ2v) is 14.3. The maximum atomic E-state index is 12.8. The first-order chi connectivity index (χ1) is 14.4. The van der Waals surface area contributed by atoms with Crippen LogP contribution in [0, 0.1) is 57.2 Å². The number of ketones is 1. The second-order valence-electron chi connectivity index (χ2n) is 14.3. The van der Waals surface area contributed by atoms with Crippen LogP contribution in [-0.2, 0) is 4.79 Å². The lowest BCUT2D eigenvalue weighted by molar-refractivity contribution is -0.183. The summed E-state index contributed by atoms with van der Waals surface area (Å²) in [5.41, 5.74) is 1.30. The molecule has 1 nitrogen and oxygen atoms in total. The van der Waals surface area contributed by atoms with Crippen molar-refractivity contribution in [1.29, 1.82) is 0 Å². The van der Waals surface area contributed by atoms with E-state index in [-0.39, 0.29) is 5.41 Å². The van der Waals surface area contributed by atoms with Crippen molar-refractivity contribution >= 4 is 5.78 Å². The highest BCUT2D eigenvalue weighted by Crippen LogP contribution is 2.74. The predicted molar refractivity (Wildman–Crippen MR) is 132 cm³/mol. The van der Waals surface area contributed by atoms with Crippen molar-refractivity contribution in [3.05, 3.63) is 0 Å². The van der Waals surface area contributed by atoms with Gasteiger partial charge in [0.05, 0.1) is 0 Å². The Bertz CT molecular complexity index is 691. The molecule has 0 spiro atoms. The van der Waals surface area contributed by atoms with Crippen LogP contribution in [0.3, 0.4) is 0 Å². The molecule has 31 heavy (non-hydrogen) atoms. The molecule has 0 aliphatic heterocycles. The first-order valence-electron chi connectivity index (χ1n) is 13.9. The molecule has 0 radical (unpaired) electrons. The fourth-order valence-corrected chi connectivity index (χ4v) is 10.3. The van der Waals surface area contributed by atoms with E-state index in [1.54, 1.807) is 0 Å². The average Bonchev–Trinajstić information content (AvgIpc) is 2.96. The maximum Gasteiger partial charge on any atom is 0.138 e. The van der Waals surface area contributed by atoms with Gasteiger partial charge >= 0.3 is 0 Å². The molecule has 0 aromatic carbocycles. The van der Waals surface area contributed by atoms with Crippen molar-refractivity contribution in [2.45, 2.75) is 126 Å². The van der Waals surface area contributed by atoms with Gasteiger partial charge in [-0.25, -0.2) is 0 Å². The monoisotopic (exact) mass is 428 g/mol. The quantitative estimate of drug-likeness (QED) is 0.428. The third-order valence-electron chi connectivity index (χ3n) is 12.4. The summed E-state index contributed by atoms with van der Waals surface area (Å²) in [6.07, 6.45) is 14.6. The fraction of sp³-hybridized carbons (Fsp3) is 0.967. The summed E-state index contributed by atoms with van der Waals surface area (Å²) in [7, 11) is 0. The van der Waals surface area contributed by atoms with Crippen molar-refractivity contribution < 1.29 is 4.79 Å². The number of carbonyl (C=O) groups is 1. The van der Waals surface area contributed by atoms with Crippen LogP contribution in [0.5, 0.6) is 0 Å². The zero-order valence-corrected chi connectivity index (χ0v) is 22.2. The van der Waals surface area contributed by atoms with Gasteiger partial charge in [0, 0.05) is 11.8 Å². The summed E-state index contributed by atoms with van der Waals surface area (Å²) in [5, 5.41) is 0.